The average Bonchev–Trinajstić information content (AvgIpc) is 3.18. The first-order valence-electron chi connectivity index (χ1n) is 8.74. The minimum atomic E-state index is -0.806. The molecule has 9 nitrogen and oxygen atoms in total. The summed E-state index contributed by atoms with van der Waals surface area (Å²) in [5, 5.41) is 15.8. The first kappa shape index (κ1) is 18.7. The predicted molar refractivity (Wildman–Crippen MR) is 95.2 cm³/mol. The fourth-order valence-corrected chi connectivity index (χ4v) is 2.96. The van der Waals surface area contributed by atoms with Gasteiger partial charge in [-0.15, -0.1) is 0 Å². The Morgan fingerprint density at radius 3 is 2.78 bits per heavy atom. The van der Waals surface area contributed by atoms with Crippen molar-refractivity contribution in [1.29, 1.82) is 0 Å². The molecule has 1 aliphatic heterocycles. The largest absolute Gasteiger partial charge is 0.497 e. The van der Waals surface area contributed by atoms with Crippen molar-refractivity contribution in [2.45, 2.75) is 25.8 Å². The van der Waals surface area contributed by atoms with Crippen LogP contribution in [0, 0.1) is 5.92 Å². The Balaban J connectivity index is 1.60. The lowest BCUT2D eigenvalue weighted by atomic mass is 9.97. The van der Waals surface area contributed by atoms with E-state index in [9.17, 15) is 9.59 Å². The molecule has 0 radical (unpaired) electrons. The lowest BCUT2D eigenvalue weighted by Gasteiger charge is -2.30. The van der Waals surface area contributed by atoms with Crippen molar-refractivity contribution in [1.82, 2.24) is 20.4 Å². The van der Waals surface area contributed by atoms with Gasteiger partial charge >= 0.3 is 12.0 Å². The molecule has 0 spiro atoms. The highest BCUT2D eigenvalue weighted by Crippen LogP contribution is 2.23. The number of nitrogens with zero attached hydrogens (tertiary/aromatic N) is 3. The van der Waals surface area contributed by atoms with E-state index in [2.05, 4.69) is 15.5 Å². The predicted octanol–water partition coefficient (Wildman–Crippen LogP) is 2.31. The van der Waals surface area contributed by atoms with Crippen LogP contribution in [0.1, 0.15) is 31.7 Å². The van der Waals surface area contributed by atoms with Crippen molar-refractivity contribution in [3.8, 4) is 17.1 Å². The van der Waals surface area contributed by atoms with Crippen molar-refractivity contribution in [3.63, 3.8) is 0 Å². The first-order chi connectivity index (χ1) is 13.0. The monoisotopic (exact) mass is 374 g/mol. The van der Waals surface area contributed by atoms with Gasteiger partial charge in [0.05, 0.1) is 13.0 Å². The minimum absolute atomic E-state index is 0.271. The summed E-state index contributed by atoms with van der Waals surface area (Å²) < 4.78 is 10.5. The first-order valence-corrected chi connectivity index (χ1v) is 8.74. The van der Waals surface area contributed by atoms with Crippen LogP contribution < -0.4 is 10.1 Å². The molecule has 2 amide bonds. The number of aromatic nitrogens is 2. The van der Waals surface area contributed by atoms with Crippen molar-refractivity contribution >= 4 is 12.0 Å². The highest BCUT2D eigenvalue weighted by Gasteiger charge is 2.28. The van der Waals surface area contributed by atoms with Crippen LogP contribution in [0.3, 0.4) is 0 Å². The number of piperidine rings is 1. The van der Waals surface area contributed by atoms with Crippen LogP contribution in [-0.4, -0.2) is 52.3 Å². The lowest BCUT2D eigenvalue weighted by molar-refractivity contribution is -0.143. The van der Waals surface area contributed by atoms with E-state index in [0.29, 0.717) is 43.4 Å². The molecule has 1 fully saturated rings. The molecule has 3 rings (SSSR count). The van der Waals surface area contributed by atoms with Crippen LogP contribution in [0.25, 0.3) is 11.4 Å². The number of hydrogen-bond donors (Lipinski definition) is 2. The maximum atomic E-state index is 12.4. The third-order valence-corrected chi connectivity index (χ3v) is 4.61. The SMILES string of the molecule is COc1cccc(-c2noc(C(C)NC(=O)N3CCC(C(=O)O)CC3)n2)c1. The Hall–Kier alpha value is -3.10. The van der Waals surface area contributed by atoms with Gasteiger partial charge in [0.1, 0.15) is 11.8 Å². The van der Waals surface area contributed by atoms with Crippen molar-refractivity contribution in [2.75, 3.05) is 20.2 Å². The zero-order valence-corrected chi connectivity index (χ0v) is 15.2. The summed E-state index contributed by atoms with van der Waals surface area (Å²) in [5.74, 6) is 0.200. The van der Waals surface area contributed by atoms with Gasteiger partial charge in [-0.3, -0.25) is 4.79 Å². The number of hydrogen-bond acceptors (Lipinski definition) is 6. The van der Waals surface area contributed by atoms with Gasteiger partial charge in [-0.25, -0.2) is 4.79 Å². The fourth-order valence-electron chi connectivity index (χ4n) is 2.96. The van der Waals surface area contributed by atoms with E-state index in [1.165, 1.54) is 0 Å². The van der Waals surface area contributed by atoms with Crippen LogP contribution in [0.4, 0.5) is 4.79 Å². The third kappa shape index (κ3) is 4.36. The Morgan fingerprint density at radius 1 is 1.37 bits per heavy atom. The Kier molecular flexibility index (Phi) is 5.58. The average molecular weight is 374 g/mol. The smallest absolute Gasteiger partial charge is 0.318 e. The Labute approximate surface area is 156 Å². The van der Waals surface area contributed by atoms with E-state index in [-0.39, 0.29) is 11.9 Å². The molecule has 1 aromatic carbocycles. The van der Waals surface area contributed by atoms with E-state index in [0.717, 1.165) is 5.56 Å². The number of amides is 2. The molecule has 9 heteroatoms. The van der Waals surface area contributed by atoms with Crippen molar-refractivity contribution in [2.24, 2.45) is 5.92 Å². The third-order valence-electron chi connectivity index (χ3n) is 4.61. The van der Waals surface area contributed by atoms with Crippen LogP contribution in [0.15, 0.2) is 28.8 Å². The van der Waals surface area contributed by atoms with Crippen molar-refractivity contribution < 1.29 is 24.0 Å². The zero-order chi connectivity index (χ0) is 19.4. The molecule has 2 heterocycles. The highest BCUT2D eigenvalue weighted by molar-refractivity contribution is 5.75. The molecule has 1 atom stereocenters. The van der Waals surface area contributed by atoms with Gasteiger partial charge < -0.3 is 24.6 Å². The summed E-state index contributed by atoms with van der Waals surface area (Å²) in [6.45, 7) is 2.58. The fraction of sp³-hybridized carbons (Fsp3) is 0.444. The Morgan fingerprint density at radius 2 is 2.11 bits per heavy atom. The summed E-state index contributed by atoms with van der Waals surface area (Å²) in [6, 6.07) is 6.54. The van der Waals surface area contributed by atoms with Gasteiger partial charge in [-0.1, -0.05) is 17.3 Å². The molecule has 144 valence electrons. The zero-order valence-electron chi connectivity index (χ0n) is 15.2. The normalized spacial score (nSPS) is 16.0. The maximum Gasteiger partial charge on any atom is 0.318 e. The molecule has 0 aliphatic carbocycles. The van der Waals surface area contributed by atoms with Crippen LogP contribution in [-0.2, 0) is 4.79 Å². The number of nitrogens with one attached hydrogen (secondary N) is 1. The summed E-state index contributed by atoms with van der Waals surface area (Å²) in [4.78, 5) is 29.3. The van der Waals surface area contributed by atoms with Gasteiger partial charge in [-0.2, -0.15) is 4.98 Å². The van der Waals surface area contributed by atoms with Crippen LogP contribution in [0.5, 0.6) is 5.75 Å². The number of benzene rings is 1. The second-order valence-corrected chi connectivity index (χ2v) is 6.46. The topological polar surface area (TPSA) is 118 Å². The molecule has 27 heavy (non-hydrogen) atoms. The molecule has 2 aromatic rings. The summed E-state index contributed by atoms with van der Waals surface area (Å²) >= 11 is 0. The highest BCUT2D eigenvalue weighted by atomic mass is 16.5. The molecule has 1 aromatic heterocycles. The standard InChI is InChI=1S/C18H22N4O5/c1-11(19-18(25)22-8-6-12(7-9-22)17(23)24)16-20-15(21-27-16)13-4-3-5-14(10-13)26-2/h3-5,10-12H,6-9H2,1-2H3,(H,19,25)(H,23,24). The summed E-state index contributed by atoms with van der Waals surface area (Å²) in [6.07, 6.45) is 0.912. The molecular weight excluding hydrogens is 352 g/mol. The van der Waals surface area contributed by atoms with E-state index in [1.807, 2.05) is 18.2 Å². The van der Waals surface area contributed by atoms with Gasteiger partial charge in [0.25, 0.3) is 0 Å². The minimum Gasteiger partial charge on any atom is -0.497 e. The van der Waals surface area contributed by atoms with Crippen molar-refractivity contribution in [3.05, 3.63) is 30.2 Å². The number of methoxy groups -OCH3 is 1. The second-order valence-electron chi connectivity index (χ2n) is 6.46. The number of carbonyl (C=O) groups excluding carboxylic acids is 1. The summed E-state index contributed by atoms with van der Waals surface area (Å²) in [7, 11) is 1.58. The van der Waals surface area contributed by atoms with Gasteiger partial charge in [0, 0.05) is 18.7 Å². The lowest BCUT2D eigenvalue weighted by Crippen LogP contribution is -2.46. The molecular formula is C18H22N4O5. The molecule has 0 bridgehead atoms. The number of aliphatic carboxylic acids is 1. The van der Waals surface area contributed by atoms with Gasteiger partial charge in [0.2, 0.25) is 11.7 Å². The molecule has 1 saturated heterocycles. The molecule has 2 N–H and O–H groups in total. The van der Waals surface area contributed by atoms with Crippen LogP contribution >= 0.6 is 0 Å². The number of urea groups is 1. The van der Waals surface area contributed by atoms with Gasteiger partial charge in [-0.05, 0) is 31.9 Å². The van der Waals surface area contributed by atoms with Gasteiger partial charge in [0.15, 0.2) is 0 Å². The maximum absolute atomic E-state index is 12.4. The quantitative estimate of drug-likeness (QED) is 0.824. The summed E-state index contributed by atoms with van der Waals surface area (Å²) in [5.41, 5.74) is 0.749. The number of likely N-dealkylation sites (tertiary alicyclic amines) is 1. The number of carboxylic acid groups (broad SMARTS) is 1. The van der Waals surface area contributed by atoms with E-state index in [1.54, 1.807) is 25.0 Å². The van der Waals surface area contributed by atoms with E-state index in [4.69, 9.17) is 14.4 Å². The molecule has 1 unspecified atom stereocenters. The number of carbonyl (C=O) groups is 2. The number of ether oxygens (including phenoxy) is 1. The second kappa shape index (κ2) is 8.07. The number of rotatable bonds is 5. The van der Waals surface area contributed by atoms with Crippen LogP contribution in [0.2, 0.25) is 0 Å². The number of carboxylic acids is 1. The molecule has 1 aliphatic rings. The Bertz CT molecular complexity index is 814. The molecule has 0 saturated carbocycles. The van der Waals surface area contributed by atoms with E-state index < -0.39 is 12.0 Å². The van der Waals surface area contributed by atoms with E-state index >= 15 is 0 Å².